The first-order valence-corrected chi connectivity index (χ1v) is 10.6. The molecule has 1 aromatic carbocycles. The lowest BCUT2D eigenvalue weighted by atomic mass is 9.78. The van der Waals surface area contributed by atoms with Gasteiger partial charge in [0.2, 0.25) is 15.9 Å². The molecule has 0 radical (unpaired) electrons. The second-order valence-electron chi connectivity index (χ2n) is 7.18. The van der Waals surface area contributed by atoms with Crippen molar-refractivity contribution in [2.45, 2.75) is 36.6 Å². The van der Waals surface area contributed by atoms with Crippen molar-refractivity contribution in [2.75, 3.05) is 39.2 Å². The summed E-state index contributed by atoms with van der Waals surface area (Å²) >= 11 is 0. The highest BCUT2D eigenvalue weighted by atomic mass is 32.2. The van der Waals surface area contributed by atoms with Gasteiger partial charge in [0, 0.05) is 18.8 Å². The van der Waals surface area contributed by atoms with Crippen LogP contribution in [0.3, 0.4) is 0 Å². The number of ether oxygens (including phenoxy) is 2. The Labute approximate surface area is 160 Å². The van der Waals surface area contributed by atoms with Crippen LogP contribution < -0.4 is 20.1 Å². The highest BCUT2D eigenvalue weighted by Crippen LogP contribution is 2.33. The molecule has 0 unspecified atom stereocenters. The number of carbonyl (C=O) groups excluding carboxylic acids is 1. The van der Waals surface area contributed by atoms with Crippen molar-refractivity contribution in [3.63, 3.8) is 0 Å². The molecule has 8 nitrogen and oxygen atoms in total. The fraction of sp³-hybridized carbons (Fsp3) is 0.611. The molecule has 0 atom stereocenters. The molecule has 1 saturated heterocycles. The standard InChI is InChI=1S/C18H27N3O5S/c1-25-12-18(7-9-19-10-8-18)17(22)20-14-5-6-15(26-2)16(11-14)27(23,24)21-13-3-4-13/h5-6,11,13,19,21H,3-4,7-10,12H2,1-2H3,(H,20,22). The topological polar surface area (TPSA) is 106 Å². The summed E-state index contributed by atoms with van der Waals surface area (Å²) in [6.45, 7) is 1.81. The normalized spacial score (nSPS) is 19.5. The van der Waals surface area contributed by atoms with E-state index in [0.717, 1.165) is 25.9 Å². The van der Waals surface area contributed by atoms with Gasteiger partial charge >= 0.3 is 0 Å². The van der Waals surface area contributed by atoms with Crippen molar-refractivity contribution in [3.8, 4) is 5.75 Å². The van der Waals surface area contributed by atoms with Crippen LogP contribution in [0.15, 0.2) is 23.1 Å². The van der Waals surface area contributed by atoms with Gasteiger partial charge in [0.05, 0.1) is 19.1 Å². The molecule has 27 heavy (non-hydrogen) atoms. The molecule has 0 spiro atoms. The third-order valence-electron chi connectivity index (χ3n) is 5.07. The molecule has 0 bridgehead atoms. The lowest BCUT2D eigenvalue weighted by Gasteiger charge is -2.35. The van der Waals surface area contributed by atoms with E-state index in [1.807, 2.05) is 0 Å². The minimum absolute atomic E-state index is 0.0161. The van der Waals surface area contributed by atoms with E-state index in [-0.39, 0.29) is 22.6 Å². The number of rotatable bonds is 8. The van der Waals surface area contributed by atoms with Gasteiger partial charge in [-0.25, -0.2) is 13.1 Å². The fourth-order valence-electron chi connectivity index (χ4n) is 3.33. The first-order valence-electron chi connectivity index (χ1n) is 9.12. The lowest BCUT2D eigenvalue weighted by molar-refractivity contribution is -0.130. The Hall–Kier alpha value is -1.68. The summed E-state index contributed by atoms with van der Waals surface area (Å²) in [5.74, 6) is 0.0872. The number of nitrogens with one attached hydrogen (secondary N) is 3. The largest absolute Gasteiger partial charge is 0.495 e. The van der Waals surface area contributed by atoms with E-state index < -0.39 is 15.4 Å². The zero-order valence-electron chi connectivity index (χ0n) is 15.7. The van der Waals surface area contributed by atoms with Crippen LogP contribution in [0, 0.1) is 5.41 Å². The molecular weight excluding hydrogens is 370 g/mol. The second kappa shape index (κ2) is 8.14. The molecule has 1 saturated carbocycles. The summed E-state index contributed by atoms with van der Waals surface area (Å²) in [5, 5.41) is 6.12. The molecule has 3 N–H and O–H groups in total. The maximum atomic E-state index is 13.0. The van der Waals surface area contributed by atoms with Gasteiger partial charge in [0.25, 0.3) is 0 Å². The average Bonchev–Trinajstić information content (AvgIpc) is 3.46. The SMILES string of the molecule is COCC1(C(=O)Nc2ccc(OC)c(S(=O)(=O)NC3CC3)c2)CCNCC1. The summed E-state index contributed by atoms with van der Waals surface area (Å²) in [5.41, 5.74) is -0.198. The van der Waals surface area contributed by atoms with E-state index in [1.165, 1.54) is 13.2 Å². The number of anilines is 1. The molecule has 1 aliphatic heterocycles. The number of hydrogen-bond donors (Lipinski definition) is 3. The molecule has 2 aliphatic rings. The van der Waals surface area contributed by atoms with Crippen LogP contribution >= 0.6 is 0 Å². The van der Waals surface area contributed by atoms with Crippen LogP contribution in [-0.4, -0.2) is 54.3 Å². The molecule has 9 heteroatoms. The Morgan fingerprint density at radius 1 is 1.26 bits per heavy atom. The molecule has 150 valence electrons. The monoisotopic (exact) mass is 397 g/mol. The average molecular weight is 397 g/mol. The lowest BCUT2D eigenvalue weighted by Crippen LogP contribution is -2.47. The Morgan fingerprint density at radius 2 is 1.96 bits per heavy atom. The maximum Gasteiger partial charge on any atom is 0.244 e. The summed E-state index contributed by atoms with van der Waals surface area (Å²) in [4.78, 5) is 13.0. The van der Waals surface area contributed by atoms with Gasteiger partial charge < -0.3 is 20.1 Å². The highest BCUT2D eigenvalue weighted by molar-refractivity contribution is 7.89. The van der Waals surface area contributed by atoms with Gasteiger partial charge in [0.15, 0.2) is 0 Å². The number of amides is 1. The van der Waals surface area contributed by atoms with E-state index in [9.17, 15) is 13.2 Å². The smallest absolute Gasteiger partial charge is 0.244 e. The van der Waals surface area contributed by atoms with Gasteiger partial charge in [-0.15, -0.1) is 0 Å². The molecule has 3 rings (SSSR count). The predicted molar refractivity (Wildman–Crippen MR) is 101 cm³/mol. The minimum atomic E-state index is -3.71. The van der Waals surface area contributed by atoms with Gasteiger partial charge in [0.1, 0.15) is 10.6 Å². The maximum absolute atomic E-state index is 13.0. The zero-order chi connectivity index (χ0) is 19.5. The summed E-state index contributed by atoms with van der Waals surface area (Å²) in [6, 6.07) is 4.64. The first-order chi connectivity index (χ1) is 12.9. The van der Waals surface area contributed by atoms with Gasteiger partial charge in [-0.3, -0.25) is 4.79 Å². The Kier molecular flexibility index (Phi) is 6.05. The van der Waals surface area contributed by atoms with Crippen LogP contribution in [-0.2, 0) is 19.6 Å². The van der Waals surface area contributed by atoms with Crippen molar-refractivity contribution >= 4 is 21.6 Å². The fourth-order valence-corrected chi connectivity index (χ4v) is 4.83. The first kappa shape index (κ1) is 20.1. The Bertz CT molecular complexity index is 781. The summed E-state index contributed by atoms with van der Waals surface area (Å²) in [6.07, 6.45) is 3.01. The third-order valence-corrected chi connectivity index (χ3v) is 6.61. The van der Waals surface area contributed by atoms with Crippen LogP contribution in [0.5, 0.6) is 5.75 Å². The summed E-state index contributed by atoms with van der Waals surface area (Å²) in [7, 11) is -0.704. The van der Waals surface area contributed by atoms with Gasteiger partial charge in [-0.2, -0.15) is 0 Å². The number of methoxy groups -OCH3 is 2. The van der Waals surface area contributed by atoms with Crippen molar-refractivity contribution in [1.29, 1.82) is 0 Å². The quantitative estimate of drug-likeness (QED) is 0.606. The number of sulfonamides is 1. The van der Waals surface area contributed by atoms with Crippen molar-refractivity contribution in [1.82, 2.24) is 10.0 Å². The van der Waals surface area contributed by atoms with E-state index >= 15 is 0 Å². The van der Waals surface area contributed by atoms with Crippen LogP contribution in [0.4, 0.5) is 5.69 Å². The van der Waals surface area contributed by atoms with Gasteiger partial charge in [-0.1, -0.05) is 0 Å². The molecule has 1 aromatic rings. The molecule has 1 heterocycles. The molecule has 1 aliphatic carbocycles. The summed E-state index contributed by atoms with van der Waals surface area (Å²) < 4.78 is 38.4. The van der Waals surface area contributed by atoms with Crippen LogP contribution in [0.25, 0.3) is 0 Å². The number of piperidine rings is 1. The number of carbonyl (C=O) groups is 1. The Balaban J connectivity index is 1.84. The Morgan fingerprint density at radius 3 is 2.56 bits per heavy atom. The molecule has 2 fully saturated rings. The molecule has 1 amide bonds. The molecular formula is C18H27N3O5S. The van der Waals surface area contributed by atoms with Crippen molar-refractivity contribution in [3.05, 3.63) is 18.2 Å². The van der Waals surface area contributed by atoms with Crippen molar-refractivity contribution < 1.29 is 22.7 Å². The van der Waals surface area contributed by atoms with Crippen molar-refractivity contribution in [2.24, 2.45) is 5.41 Å². The van der Waals surface area contributed by atoms with E-state index in [4.69, 9.17) is 9.47 Å². The van der Waals surface area contributed by atoms with E-state index in [1.54, 1.807) is 19.2 Å². The zero-order valence-corrected chi connectivity index (χ0v) is 16.5. The predicted octanol–water partition coefficient (Wildman–Crippen LogP) is 1.09. The van der Waals surface area contributed by atoms with E-state index in [2.05, 4.69) is 15.4 Å². The van der Waals surface area contributed by atoms with Crippen LogP contribution in [0.2, 0.25) is 0 Å². The van der Waals surface area contributed by atoms with E-state index in [0.29, 0.717) is 25.1 Å². The minimum Gasteiger partial charge on any atom is -0.495 e. The highest BCUT2D eigenvalue weighted by Gasteiger charge is 2.40. The third kappa shape index (κ3) is 4.60. The second-order valence-corrected chi connectivity index (χ2v) is 8.86. The molecule has 0 aromatic heterocycles. The van der Waals surface area contributed by atoms with Crippen LogP contribution in [0.1, 0.15) is 25.7 Å². The number of benzene rings is 1. The number of hydrogen-bond acceptors (Lipinski definition) is 6. The van der Waals surface area contributed by atoms with Gasteiger partial charge in [-0.05, 0) is 57.0 Å².